The van der Waals surface area contributed by atoms with Crippen LogP contribution in [0.4, 0.5) is 0 Å². The first-order valence-corrected chi connectivity index (χ1v) is 29.9. The minimum atomic E-state index is -4.71. The van der Waals surface area contributed by atoms with Crippen molar-refractivity contribution in [2.75, 3.05) is 118 Å². The average Bonchev–Trinajstić information content (AvgIpc) is 3.76. The monoisotopic (exact) mass is 1090 g/mol. The number of amides is 2. The van der Waals surface area contributed by atoms with Gasteiger partial charge in [0.2, 0.25) is 0 Å². The number of carbonyl (C=O) groups excluding carboxylic acids is 4. The molecule has 2 saturated heterocycles. The molecule has 0 aromatic rings. The van der Waals surface area contributed by atoms with Gasteiger partial charge in [-0.05, 0) is 81.1 Å². The van der Waals surface area contributed by atoms with Crippen LogP contribution in [0.2, 0.25) is 0 Å². The van der Waals surface area contributed by atoms with Gasteiger partial charge in [-0.2, -0.15) is 8.42 Å². The van der Waals surface area contributed by atoms with Crippen molar-refractivity contribution in [1.82, 2.24) is 19.9 Å². The largest absolute Gasteiger partial charge is 0.382 e. The van der Waals surface area contributed by atoms with E-state index in [-0.39, 0.29) is 52.1 Å². The zero-order chi connectivity index (χ0) is 52.8. The van der Waals surface area contributed by atoms with E-state index in [1.165, 1.54) is 10.8 Å². The molecule has 408 valence electrons. The van der Waals surface area contributed by atoms with Gasteiger partial charge in [-0.1, -0.05) is 56.3 Å². The van der Waals surface area contributed by atoms with Gasteiger partial charge >= 0.3 is 11.9 Å². The lowest BCUT2D eigenvalue weighted by Crippen LogP contribution is -2.42. The Morgan fingerprint density at radius 2 is 1.06 bits per heavy atom. The number of ether oxygens (including phenoxy) is 6. The molecule has 1 unspecified atom stereocenters. The first-order chi connectivity index (χ1) is 32.9. The number of methoxy groups -OCH3 is 2. The summed E-state index contributed by atoms with van der Waals surface area (Å²) < 4.78 is 65.1. The third-order valence-electron chi connectivity index (χ3n) is 10.2. The van der Waals surface area contributed by atoms with Gasteiger partial charge in [0.05, 0.1) is 77.5 Å². The number of rotatable bonds is 39. The Balaban J connectivity index is 0.000000705. The van der Waals surface area contributed by atoms with Crippen molar-refractivity contribution >= 4 is 77.0 Å². The summed E-state index contributed by atoms with van der Waals surface area (Å²) in [5, 5.41) is -0.0244. The smallest absolute Gasteiger partial charge is 0.353 e. The Kier molecular flexibility index (Phi) is 34.4. The summed E-state index contributed by atoms with van der Waals surface area (Å²) in [6.45, 7) is 33.7. The predicted molar refractivity (Wildman–Crippen MR) is 281 cm³/mol. The van der Waals surface area contributed by atoms with Crippen LogP contribution < -0.4 is 0 Å². The fraction of sp³-hybridized carbons (Fsp3) is 0.826. The molecule has 0 radical (unpaired) electrons. The molecule has 2 aliphatic rings. The van der Waals surface area contributed by atoms with E-state index in [1.807, 2.05) is 10.8 Å². The normalized spacial score (nSPS) is 15.2. The molecule has 0 aromatic carbocycles. The number of allylic oxidation sites excluding steroid dienone is 2. The lowest BCUT2D eigenvalue weighted by molar-refractivity contribution is -0.186. The highest BCUT2D eigenvalue weighted by molar-refractivity contribution is 8.77. The highest BCUT2D eigenvalue weighted by atomic mass is 33.1. The van der Waals surface area contributed by atoms with Gasteiger partial charge in [-0.3, -0.25) is 23.9 Å². The fourth-order valence-electron chi connectivity index (χ4n) is 6.37. The molecule has 24 heteroatoms. The molecule has 0 saturated carbocycles. The first kappa shape index (κ1) is 66.4. The average molecular weight is 1090 g/mol. The first-order valence-electron chi connectivity index (χ1n) is 23.7. The molecule has 0 aromatic heterocycles. The highest BCUT2D eigenvalue weighted by Gasteiger charge is 2.37. The second kappa shape index (κ2) is 36.3. The van der Waals surface area contributed by atoms with Crippen molar-refractivity contribution in [2.24, 2.45) is 0 Å². The molecule has 2 amide bonds. The molecule has 19 nitrogen and oxygen atoms in total. The van der Waals surface area contributed by atoms with E-state index >= 15 is 0 Å². The Morgan fingerprint density at radius 1 is 0.657 bits per heavy atom. The predicted octanol–water partition coefficient (Wildman–Crippen LogP) is 6.69. The van der Waals surface area contributed by atoms with Gasteiger partial charge in [0.15, 0.2) is 5.25 Å². The van der Waals surface area contributed by atoms with Crippen LogP contribution in [-0.4, -0.2) is 201 Å². The SMILES string of the molecule is C=C1CCC(=O)N1OC(=O)C(CCSSC(C)(C)CN(CCOCCOCCOC)C(C)C)S(=O)(=O)O.C=C1CCC(=O)N1OC(=O)CCCSSC(C)(C)CN(CCOCCOCCOC)C(C)C. The topological polar surface area (TPSA) is 209 Å². The molecule has 0 spiro atoms. The number of nitrogens with zero attached hydrogens (tertiary/aromatic N) is 4. The third-order valence-corrected chi connectivity index (χ3v) is 18.0. The lowest BCUT2D eigenvalue weighted by Gasteiger charge is -2.34. The van der Waals surface area contributed by atoms with E-state index in [9.17, 15) is 32.1 Å². The Hall–Kier alpha value is -1.65. The maximum Gasteiger partial charge on any atom is 0.353 e. The van der Waals surface area contributed by atoms with Crippen LogP contribution in [0.3, 0.4) is 0 Å². The van der Waals surface area contributed by atoms with Crippen LogP contribution in [0.25, 0.3) is 0 Å². The van der Waals surface area contributed by atoms with Gasteiger partial charge < -0.3 is 38.1 Å². The van der Waals surface area contributed by atoms with Crippen molar-refractivity contribution in [2.45, 2.75) is 127 Å². The van der Waals surface area contributed by atoms with E-state index in [4.69, 9.17) is 38.1 Å². The van der Waals surface area contributed by atoms with Crippen LogP contribution in [0.5, 0.6) is 0 Å². The second-order valence-electron chi connectivity index (χ2n) is 18.2. The van der Waals surface area contributed by atoms with E-state index in [0.717, 1.165) is 37.0 Å². The molecule has 2 rings (SSSR count). The van der Waals surface area contributed by atoms with Crippen LogP contribution >= 0.6 is 43.2 Å². The van der Waals surface area contributed by atoms with Crippen molar-refractivity contribution in [3.8, 4) is 0 Å². The van der Waals surface area contributed by atoms with Crippen molar-refractivity contribution in [1.29, 1.82) is 0 Å². The Labute approximate surface area is 434 Å². The van der Waals surface area contributed by atoms with Gasteiger partial charge in [-0.15, -0.1) is 10.1 Å². The quantitative estimate of drug-likeness (QED) is 0.0386. The summed E-state index contributed by atoms with van der Waals surface area (Å²) in [6.07, 6.45) is 2.20. The summed E-state index contributed by atoms with van der Waals surface area (Å²) >= 11 is 0. The molecule has 2 fully saturated rings. The summed E-state index contributed by atoms with van der Waals surface area (Å²) in [6, 6.07) is 0.724. The van der Waals surface area contributed by atoms with Crippen LogP contribution in [-0.2, 0) is 67.4 Å². The van der Waals surface area contributed by atoms with E-state index in [1.54, 1.807) is 35.8 Å². The second-order valence-corrected chi connectivity index (χ2v) is 26.0. The summed E-state index contributed by atoms with van der Waals surface area (Å²) in [5.74, 6) is -1.14. The molecule has 70 heavy (non-hydrogen) atoms. The molecular formula is C46H84N4O15S5. The zero-order valence-electron chi connectivity index (χ0n) is 43.4. The van der Waals surface area contributed by atoms with Crippen LogP contribution in [0.1, 0.15) is 100 Å². The zero-order valence-corrected chi connectivity index (χ0v) is 47.5. The number of hydrogen-bond donors (Lipinski definition) is 1. The molecule has 1 N–H and O–H groups in total. The maximum atomic E-state index is 12.4. The van der Waals surface area contributed by atoms with Crippen LogP contribution in [0.15, 0.2) is 24.6 Å². The lowest BCUT2D eigenvalue weighted by atomic mass is 10.1. The molecule has 0 aliphatic carbocycles. The molecule has 0 bridgehead atoms. The van der Waals surface area contributed by atoms with Gasteiger partial charge in [-0.25, -0.2) is 9.59 Å². The number of hydroxylamine groups is 4. The molecule has 2 aliphatic heterocycles. The number of carbonyl (C=O) groups is 4. The Morgan fingerprint density at radius 3 is 1.44 bits per heavy atom. The third kappa shape index (κ3) is 29.9. The van der Waals surface area contributed by atoms with Gasteiger partial charge in [0.1, 0.15) is 0 Å². The molecule has 2 heterocycles. The van der Waals surface area contributed by atoms with Crippen molar-refractivity contribution < 1.29 is 70.2 Å². The summed E-state index contributed by atoms with van der Waals surface area (Å²) in [7, 11) is 5.16. The van der Waals surface area contributed by atoms with Gasteiger partial charge in [0.25, 0.3) is 21.9 Å². The van der Waals surface area contributed by atoms with E-state index in [2.05, 4.69) is 78.3 Å². The highest BCUT2D eigenvalue weighted by Crippen LogP contribution is 2.38. The van der Waals surface area contributed by atoms with E-state index in [0.29, 0.717) is 115 Å². The Bertz CT molecular complexity index is 1640. The van der Waals surface area contributed by atoms with Gasteiger partial charge in [0, 0.05) is 92.7 Å². The minimum Gasteiger partial charge on any atom is -0.382 e. The standard InChI is InChI=1S/C23H42N2O9S3.C23H42N2O6S2/c1-18(2)24(10-11-32-14-15-33-13-12-31-6)17-23(4,5)36-35-16-9-20(37(28,29)30)22(27)34-25-19(3)7-8-21(25)26;1-19(2)24(11-12-29-15-16-30-14-13-28-6)18-23(4,5)33-32-17-7-8-22(27)31-25-20(3)9-10-21(25)26/h18,20H,3,7-17H2,1-2,4-6H3,(H,28,29,30);19H,3,7-18H2,1-2,4-6H3. The molecular weight excluding hydrogens is 1010 g/mol. The van der Waals surface area contributed by atoms with E-state index < -0.39 is 27.2 Å². The summed E-state index contributed by atoms with van der Waals surface area (Å²) in [4.78, 5) is 62.6. The van der Waals surface area contributed by atoms with Crippen molar-refractivity contribution in [3.63, 3.8) is 0 Å². The van der Waals surface area contributed by atoms with Crippen LogP contribution in [0, 0.1) is 0 Å². The minimum absolute atomic E-state index is 0.0540. The van der Waals surface area contributed by atoms with Crippen molar-refractivity contribution in [3.05, 3.63) is 24.6 Å². The molecule has 1 atom stereocenters. The fourth-order valence-corrected chi connectivity index (χ4v) is 12.4. The number of hydrogen-bond acceptors (Lipinski definition) is 20. The summed E-state index contributed by atoms with van der Waals surface area (Å²) in [5.41, 5.74) is 0.824. The maximum absolute atomic E-state index is 12.4.